The molecule has 10 heteroatoms. The Labute approximate surface area is 175 Å². The third kappa shape index (κ3) is 4.37. The summed E-state index contributed by atoms with van der Waals surface area (Å²) in [5.41, 5.74) is 2.74. The number of hydrogen-bond donors (Lipinski definition) is 1. The molecule has 0 saturated heterocycles. The minimum Gasteiger partial charge on any atom is -0.435 e. The van der Waals surface area contributed by atoms with Gasteiger partial charge < -0.3 is 14.6 Å². The van der Waals surface area contributed by atoms with E-state index in [9.17, 15) is 13.6 Å². The van der Waals surface area contributed by atoms with Gasteiger partial charge in [-0.15, -0.1) is 0 Å². The molecule has 4 aromatic rings. The van der Waals surface area contributed by atoms with Crippen molar-refractivity contribution in [3.63, 3.8) is 0 Å². The topological polar surface area (TPSA) is 95.1 Å². The molecule has 1 amide bonds. The molecule has 0 bridgehead atoms. The average Bonchev–Trinajstić information content (AvgIpc) is 3.37. The second-order valence-corrected chi connectivity index (χ2v) is 6.80. The molecule has 3 aromatic heterocycles. The van der Waals surface area contributed by atoms with Crippen molar-refractivity contribution in [1.29, 1.82) is 0 Å². The Kier molecular flexibility index (Phi) is 5.61. The van der Waals surface area contributed by atoms with Crippen molar-refractivity contribution in [1.82, 2.24) is 25.2 Å². The Hall–Kier alpha value is -3.82. The van der Waals surface area contributed by atoms with E-state index < -0.39 is 6.61 Å². The maximum Gasteiger partial charge on any atom is 0.387 e. The van der Waals surface area contributed by atoms with Crippen molar-refractivity contribution < 1.29 is 22.8 Å². The lowest BCUT2D eigenvalue weighted by atomic mass is 10.0. The largest absolute Gasteiger partial charge is 0.435 e. The predicted molar refractivity (Wildman–Crippen MR) is 108 cm³/mol. The summed E-state index contributed by atoms with van der Waals surface area (Å²) in [5.74, 6) is -0.355. The van der Waals surface area contributed by atoms with Gasteiger partial charge in [0.05, 0.1) is 28.5 Å². The number of carbonyl (C=O) groups is 1. The van der Waals surface area contributed by atoms with Crippen molar-refractivity contribution in [2.45, 2.75) is 33.5 Å². The van der Waals surface area contributed by atoms with E-state index in [4.69, 9.17) is 4.52 Å². The van der Waals surface area contributed by atoms with Crippen LogP contribution in [0, 0.1) is 6.92 Å². The number of fused-ring (bicyclic) bond motifs is 1. The highest BCUT2D eigenvalue weighted by molar-refractivity contribution is 6.07. The summed E-state index contributed by atoms with van der Waals surface area (Å²) < 4.78 is 36.6. The van der Waals surface area contributed by atoms with Crippen LogP contribution in [0.2, 0.25) is 0 Å². The van der Waals surface area contributed by atoms with Gasteiger partial charge in [-0.3, -0.25) is 9.48 Å². The van der Waals surface area contributed by atoms with Crippen molar-refractivity contribution in [2.24, 2.45) is 0 Å². The predicted octanol–water partition coefficient (Wildman–Crippen LogP) is 3.95. The molecule has 160 valence electrons. The fraction of sp³-hybridized carbons (Fsp3) is 0.238. The summed E-state index contributed by atoms with van der Waals surface area (Å²) in [6.45, 7) is 1.77. The fourth-order valence-electron chi connectivity index (χ4n) is 3.20. The third-order valence-corrected chi connectivity index (χ3v) is 4.68. The molecule has 0 aliphatic carbocycles. The average molecular weight is 427 g/mol. The highest BCUT2D eigenvalue weighted by atomic mass is 19.3. The number of carbonyl (C=O) groups excluding carboxylic acids is 1. The van der Waals surface area contributed by atoms with Gasteiger partial charge >= 0.3 is 6.61 Å². The lowest BCUT2D eigenvalue weighted by Crippen LogP contribution is -2.23. The number of hydrogen-bond acceptors (Lipinski definition) is 6. The van der Waals surface area contributed by atoms with Gasteiger partial charge in [-0.2, -0.15) is 13.9 Å². The number of aromatic nitrogens is 4. The van der Waals surface area contributed by atoms with Crippen molar-refractivity contribution in [3.8, 4) is 17.0 Å². The quantitative estimate of drug-likeness (QED) is 0.480. The van der Waals surface area contributed by atoms with Gasteiger partial charge in [0.25, 0.3) is 11.6 Å². The van der Waals surface area contributed by atoms with E-state index in [2.05, 4.69) is 25.3 Å². The molecule has 0 unspecified atom stereocenters. The summed E-state index contributed by atoms with van der Waals surface area (Å²) in [4.78, 5) is 17.4. The monoisotopic (exact) mass is 427 g/mol. The normalized spacial score (nSPS) is 11.3. The van der Waals surface area contributed by atoms with Crippen LogP contribution in [0.3, 0.4) is 0 Å². The van der Waals surface area contributed by atoms with Crippen LogP contribution < -0.4 is 10.1 Å². The first-order valence-electron chi connectivity index (χ1n) is 9.56. The number of amides is 1. The minimum atomic E-state index is -2.94. The number of halogens is 2. The molecule has 0 spiro atoms. The van der Waals surface area contributed by atoms with Gasteiger partial charge in [-0.1, -0.05) is 17.3 Å². The van der Waals surface area contributed by atoms with Crippen molar-refractivity contribution in [3.05, 3.63) is 59.5 Å². The molecule has 0 fully saturated rings. The Bertz CT molecular complexity index is 1230. The van der Waals surface area contributed by atoms with Crippen LogP contribution in [-0.2, 0) is 13.1 Å². The number of ether oxygens (including phenoxy) is 1. The van der Waals surface area contributed by atoms with Crippen LogP contribution >= 0.6 is 0 Å². The molecular weight excluding hydrogens is 408 g/mol. The van der Waals surface area contributed by atoms with Gasteiger partial charge in [-0.05, 0) is 32.0 Å². The summed E-state index contributed by atoms with van der Waals surface area (Å²) in [7, 11) is 0. The van der Waals surface area contributed by atoms with E-state index in [-0.39, 0.29) is 17.4 Å². The van der Waals surface area contributed by atoms with E-state index in [1.807, 2.05) is 13.1 Å². The zero-order valence-corrected chi connectivity index (χ0v) is 16.8. The second kappa shape index (κ2) is 8.50. The Morgan fingerprint density at radius 3 is 2.90 bits per heavy atom. The van der Waals surface area contributed by atoms with Gasteiger partial charge in [0.1, 0.15) is 5.75 Å². The van der Waals surface area contributed by atoms with Gasteiger partial charge in [0.2, 0.25) is 0 Å². The lowest BCUT2D eigenvalue weighted by molar-refractivity contribution is -0.0498. The molecule has 0 saturated carbocycles. The van der Waals surface area contributed by atoms with Crippen LogP contribution in [0.5, 0.6) is 5.75 Å². The van der Waals surface area contributed by atoms with E-state index >= 15 is 0 Å². The number of rotatable bonds is 7. The van der Waals surface area contributed by atoms with Crippen LogP contribution in [0.25, 0.3) is 22.4 Å². The molecule has 1 N–H and O–H groups in total. The molecule has 0 aliphatic rings. The summed E-state index contributed by atoms with van der Waals surface area (Å²) >= 11 is 0. The third-order valence-electron chi connectivity index (χ3n) is 4.68. The maximum atomic E-state index is 13.0. The zero-order valence-electron chi connectivity index (χ0n) is 16.8. The van der Waals surface area contributed by atoms with E-state index in [1.54, 1.807) is 36.0 Å². The van der Waals surface area contributed by atoms with Gasteiger partial charge in [0, 0.05) is 30.4 Å². The number of benzene rings is 1. The molecule has 1 aromatic carbocycles. The van der Waals surface area contributed by atoms with E-state index in [0.29, 0.717) is 34.4 Å². The Balaban J connectivity index is 1.67. The Morgan fingerprint density at radius 2 is 2.16 bits per heavy atom. The molecule has 3 heterocycles. The molecular formula is C21H19F2N5O3. The van der Waals surface area contributed by atoms with Gasteiger partial charge in [-0.25, -0.2) is 4.98 Å². The molecule has 31 heavy (non-hydrogen) atoms. The molecule has 4 rings (SSSR count). The first-order chi connectivity index (χ1) is 14.9. The lowest BCUT2D eigenvalue weighted by Gasteiger charge is -2.09. The molecule has 0 aliphatic heterocycles. The smallest absolute Gasteiger partial charge is 0.387 e. The molecule has 0 radical (unpaired) electrons. The number of alkyl halides is 2. The van der Waals surface area contributed by atoms with Crippen molar-refractivity contribution >= 4 is 17.0 Å². The highest BCUT2D eigenvalue weighted by Gasteiger charge is 2.20. The number of nitrogens with one attached hydrogen (secondary N) is 1. The minimum absolute atomic E-state index is 0.0120. The van der Waals surface area contributed by atoms with E-state index in [0.717, 1.165) is 12.1 Å². The SMILES string of the molecule is CCn1cc(CNC(=O)c2cc(-c3cccc(OC(F)F)c3)nc3onc(C)c23)cn1. The zero-order chi connectivity index (χ0) is 22.0. The number of pyridine rings is 1. The van der Waals surface area contributed by atoms with Gasteiger partial charge in [0.15, 0.2) is 0 Å². The number of aryl methyl sites for hydroxylation is 2. The van der Waals surface area contributed by atoms with Crippen LogP contribution in [-0.4, -0.2) is 32.4 Å². The van der Waals surface area contributed by atoms with Crippen LogP contribution in [0.4, 0.5) is 8.78 Å². The van der Waals surface area contributed by atoms with Crippen LogP contribution in [0.15, 0.2) is 47.2 Å². The Morgan fingerprint density at radius 1 is 1.32 bits per heavy atom. The first-order valence-corrected chi connectivity index (χ1v) is 9.56. The highest BCUT2D eigenvalue weighted by Crippen LogP contribution is 2.29. The summed E-state index contributed by atoms with van der Waals surface area (Å²) in [6, 6.07) is 7.66. The number of nitrogens with zero attached hydrogens (tertiary/aromatic N) is 4. The van der Waals surface area contributed by atoms with E-state index in [1.165, 1.54) is 12.1 Å². The van der Waals surface area contributed by atoms with Crippen LogP contribution in [0.1, 0.15) is 28.5 Å². The molecule has 0 atom stereocenters. The first kappa shape index (κ1) is 20.5. The maximum absolute atomic E-state index is 13.0. The second-order valence-electron chi connectivity index (χ2n) is 6.80. The summed E-state index contributed by atoms with van der Waals surface area (Å²) in [5, 5.41) is 11.5. The standard InChI is InChI=1S/C21H19F2N5O3/c1-3-28-11-13(10-25-28)9-24-19(29)16-8-17(26-20-18(16)12(2)27-31-20)14-5-4-6-15(7-14)30-21(22)23/h4-8,10-11,21H,3,9H2,1-2H3,(H,24,29). The summed E-state index contributed by atoms with van der Waals surface area (Å²) in [6.07, 6.45) is 3.55. The fourth-order valence-corrected chi connectivity index (χ4v) is 3.20. The molecule has 8 nitrogen and oxygen atoms in total. The van der Waals surface area contributed by atoms with Crippen molar-refractivity contribution in [2.75, 3.05) is 0 Å².